The molecule has 1 aliphatic heterocycles. The fourth-order valence-corrected chi connectivity index (χ4v) is 5.47. The predicted molar refractivity (Wildman–Crippen MR) is 147 cm³/mol. The van der Waals surface area contributed by atoms with Gasteiger partial charge in [-0.05, 0) is 59.9 Å². The molecule has 0 spiro atoms. The molecule has 2 aliphatic carbocycles. The number of hydrogen-bond acceptors (Lipinski definition) is 7. The third kappa shape index (κ3) is 4.99. The Balaban J connectivity index is 1.29. The summed E-state index contributed by atoms with van der Waals surface area (Å²) < 4.78 is 0. The van der Waals surface area contributed by atoms with Gasteiger partial charge in [-0.25, -0.2) is 4.98 Å². The minimum absolute atomic E-state index is 0.169. The molecule has 6 rings (SSSR count). The van der Waals surface area contributed by atoms with Gasteiger partial charge in [0.1, 0.15) is 11.7 Å². The van der Waals surface area contributed by atoms with Crippen LogP contribution in [0.5, 0.6) is 0 Å². The zero-order valence-electron chi connectivity index (χ0n) is 21.0. The standard InChI is InChI=1S/C29H33N7O/c1-30-24-18-32-17-23(20-6-7-20)27(24)29(36-12-10-31-11-13-36)34-16-19-8-9-33-26(14-19)35-28-22-5-3-2-4-21(22)15-25(28)37/h2-5,8-9,14,17-18,20,25,28,31,37H,1,6-7,10-13,15-16H2,(H,33,35)/b34-29+/t25-,28?/m0/s1. The Morgan fingerprint density at radius 3 is 2.78 bits per heavy atom. The van der Waals surface area contributed by atoms with E-state index < -0.39 is 6.10 Å². The number of fused-ring (bicyclic) bond motifs is 1. The van der Waals surface area contributed by atoms with E-state index in [1.165, 1.54) is 24.0 Å². The third-order valence-electron chi connectivity index (χ3n) is 7.53. The molecule has 8 nitrogen and oxygen atoms in total. The van der Waals surface area contributed by atoms with Crippen molar-refractivity contribution in [1.29, 1.82) is 0 Å². The van der Waals surface area contributed by atoms with Gasteiger partial charge in [-0.3, -0.25) is 15.0 Å². The molecule has 3 aromatic rings. The summed E-state index contributed by atoms with van der Waals surface area (Å²) in [4.78, 5) is 20.9. The number of rotatable bonds is 7. The second kappa shape index (κ2) is 10.4. The van der Waals surface area contributed by atoms with Crippen molar-refractivity contribution in [2.45, 2.75) is 43.9 Å². The van der Waals surface area contributed by atoms with E-state index in [9.17, 15) is 5.11 Å². The van der Waals surface area contributed by atoms with Crippen molar-refractivity contribution in [2.24, 2.45) is 9.98 Å². The number of anilines is 1. The highest BCUT2D eigenvalue weighted by molar-refractivity contribution is 6.04. The Morgan fingerprint density at radius 1 is 1.14 bits per heavy atom. The van der Waals surface area contributed by atoms with E-state index in [0.717, 1.165) is 60.2 Å². The monoisotopic (exact) mass is 495 g/mol. The fourth-order valence-electron chi connectivity index (χ4n) is 5.47. The van der Waals surface area contributed by atoms with Gasteiger partial charge in [0.05, 0.1) is 30.6 Å². The van der Waals surface area contributed by atoms with Crippen LogP contribution in [0.4, 0.5) is 11.5 Å². The quantitative estimate of drug-likeness (QED) is 0.342. The normalized spacial score (nSPS) is 21.5. The molecule has 0 radical (unpaired) electrons. The van der Waals surface area contributed by atoms with Crippen molar-refractivity contribution in [3.63, 3.8) is 0 Å². The number of aliphatic hydroxyl groups excluding tert-OH is 1. The van der Waals surface area contributed by atoms with Crippen LogP contribution in [0.25, 0.3) is 0 Å². The maximum absolute atomic E-state index is 10.7. The zero-order chi connectivity index (χ0) is 25.2. The molecule has 1 aromatic carbocycles. The molecule has 8 heteroatoms. The lowest BCUT2D eigenvalue weighted by atomic mass is 10.0. The number of hydrogen-bond donors (Lipinski definition) is 3. The summed E-state index contributed by atoms with van der Waals surface area (Å²) in [6.07, 6.45) is 8.13. The lowest BCUT2D eigenvalue weighted by Gasteiger charge is -2.32. The van der Waals surface area contributed by atoms with E-state index in [1.807, 2.05) is 36.7 Å². The molecular weight excluding hydrogens is 462 g/mol. The lowest BCUT2D eigenvalue weighted by molar-refractivity contribution is 0.165. The zero-order valence-corrected chi connectivity index (χ0v) is 21.0. The van der Waals surface area contributed by atoms with Gasteiger partial charge in [0.2, 0.25) is 0 Å². The van der Waals surface area contributed by atoms with Crippen molar-refractivity contribution in [1.82, 2.24) is 20.2 Å². The minimum atomic E-state index is -0.474. The largest absolute Gasteiger partial charge is 0.390 e. The number of nitrogens with zero attached hydrogens (tertiary/aromatic N) is 5. The average molecular weight is 496 g/mol. The Labute approximate surface area is 217 Å². The smallest absolute Gasteiger partial charge is 0.133 e. The summed E-state index contributed by atoms with van der Waals surface area (Å²) in [5.41, 5.74) is 6.48. The van der Waals surface area contributed by atoms with E-state index in [2.05, 4.69) is 49.3 Å². The highest BCUT2D eigenvalue weighted by Crippen LogP contribution is 2.43. The van der Waals surface area contributed by atoms with Crippen LogP contribution < -0.4 is 10.6 Å². The summed E-state index contributed by atoms with van der Waals surface area (Å²) in [7, 11) is 0. The van der Waals surface area contributed by atoms with Gasteiger partial charge in [-0.2, -0.15) is 0 Å². The number of amidine groups is 1. The number of nitrogens with one attached hydrogen (secondary N) is 2. The van der Waals surface area contributed by atoms with E-state index >= 15 is 0 Å². The maximum Gasteiger partial charge on any atom is 0.133 e. The van der Waals surface area contributed by atoms with Gasteiger partial charge < -0.3 is 20.6 Å². The van der Waals surface area contributed by atoms with Crippen molar-refractivity contribution in [2.75, 3.05) is 31.5 Å². The molecular formula is C29H33N7O. The summed E-state index contributed by atoms with van der Waals surface area (Å²) >= 11 is 0. The second-order valence-electron chi connectivity index (χ2n) is 10.1. The first-order chi connectivity index (χ1) is 18.2. The molecule has 2 aromatic heterocycles. The molecule has 3 heterocycles. The number of aliphatic imine (C=N–C) groups is 2. The van der Waals surface area contributed by atoms with E-state index in [-0.39, 0.29) is 6.04 Å². The number of aromatic nitrogens is 2. The lowest BCUT2D eigenvalue weighted by Crippen LogP contribution is -2.47. The van der Waals surface area contributed by atoms with Crippen LogP contribution in [-0.4, -0.2) is 64.8 Å². The number of piperazine rings is 1. The van der Waals surface area contributed by atoms with Crippen molar-refractivity contribution in [3.05, 3.63) is 82.8 Å². The first-order valence-electron chi connectivity index (χ1n) is 13.1. The molecule has 190 valence electrons. The fraction of sp³-hybridized carbons (Fsp3) is 0.379. The van der Waals surface area contributed by atoms with E-state index in [4.69, 9.17) is 4.99 Å². The third-order valence-corrected chi connectivity index (χ3v) is 7.53. The molecule has 3 N–H and O–H groups in total. The minimum Gasteiger partial charge on any atom is -0.390 e. The first-order valence-corrected chi connectivity index (χ1v) is 13.1. The highest BCUT2D eigenvalue weighted by Gasteiger charge is 2.32. The topological polar surface area (TPSA) is 98.0 Å². The summed E-state index contributed by atoms with van der Waals surface area (Å²) in [5, 5.41) is 17.6. The molecule has 2 fully saturated rings. The van der Waals surface area contributed by atoms with Crippen LogP contribution in [0.2, 0.25) is 0 Å². The molecule has 0 bridgehead atoms. The van der Waals surface area contributed by atoms with Crippen molar-refractivity contribution >= 4 is 24.1 Å². The summed E-state index contributed by atoms with van der Waals surface area (Å²) in [6, 6.07) is 12.1. The van der Waals surface area contributed by atoms with Gasteiger partial charge >= 0.3 is 0 Å². The van der Waals surface area contributed by atoms with Crippen molar-refractivity contribution < 1.29 is 5.11 Å². The van der Waals surface area contributed by atoms with Crippen molar-refractivity contribution in [3.8, 4) is 0 Å². The van der Waals surface area contributed by atoms with Gasteiger partial charge in [0.15, 0.2) is 0 Å². The Morgan fingerprint density at radius 2 is 1.97 bits per heavy atom. The van der Waals surface area contributed by atoms with Gasteiger partial charge in [0, 0.05) is 50.6 Å². The van der Waals surface area contributed by atoms with Crippen LogP contribution >= 0.6 is 0 Å². The molecule has 1 saturated carbocycles. The van der Waals surface area contributed by atoms with Gasteiger partial charge in [-0.1, -0.05) is 24.3 Å². The Kier molecular flexibility index (Phi) is 6.68. The maximum atomic E-state index is 10.7. The van der Waals surface area contributed by atoms with Crippen LogP contribution in [0.3, 0.4) is 0 Å². The molecule has 1 saturated heterocycles. The van der Waals surface area contributed by atoms with Crippen LogP contribution in [-0.2, 0) is 13.0 Å². The molecule has 1 unspecified atom stereocenters. The van der Waals surface area contributed by atoms with Gasteiger partial charge in [-0.15, -0.1) is 0 Å². The molecule has 2 atom stereocenters. The molecule has 37 heavy (non-hydrogen) atoms. The predicted octanol–water partition coefficient (Wildman–Crippen LogP) is 3.61. The second-order valence-corrected chi connectivity index (χ2v) is 10.1. The van der Waals surface area contributed by atoms with Crippen LogP contribution in [0.15, 0.2) is 65.0 Å². The van der Waals surface area contributed by atoms with Crippen LogP contribution in [0.1, 0.15) is 52.6 Å². The highest BCUT2D eigenvalue weighted by atomic mass is 16.3. The summed E-state index contributed by atoms with van der Waals surface area (Å²) in [6.45, 7) is 7.98. The number of pyridine rings is 2. The van der Waals surface area contributed by atoms with Crippen LogP contribution in [0, 0.1) is 0 Å². The summed E-state index contributed by atoms with van der Waals surface area (Å²) in [5.74, 6) is 2.24. The van der Waals surface area contributed by atoms with E-state index in [1.54, 1.807) is 6.20 Å². The molecule has 3 aliphatic rings. The first kappa shape index (κ1) is 23.8. The number of benzene rings is 1. The SMILES string of the molecule is C=Nc1cncc(C2CC2)c1/C(=N\Cc1ccnc(NC2c3ccccc3C[C@@H]2O)c1)N1CCNCC1. The Bertz CT molecular complexity index is 1310. The average Bonchev–Trinajstić information content (AvgIpc) is 3.74. The van der Waals surface area contributed by atoms with E-state index in [0.29, 0.717) is 18.9 Å². The van der Waals surface area contributed by atoms with Gasteiger partial charge in [0.25, 0.3) is 0 Å². The molecule has 0 amide bonds. The Hall–Kier alpha value is -3.62. The number of aliphatic hydroxyl groups is 1.